The van der Waals surface area contributed by atoms with Gasteiger partial charge in [0.25, 0.3) is 0 Å². The minimum absolute atomic E-state index is 0.609. The van der Waals surface area contributed by atoms with Crippen molar-refractivity contribution in [1.29, 1.82) is 0 Å². The molecule has 1 N–H and O–H groups in total. The van der Waals surface area contributed by atoms with E-state index in [0.717, 1.165) is 12.2 Å². The van der Waals surface area contributed by atoms with E-state index in [4.69, 9.17) is 23.2 Å². The minimum atomic E-state index is 0.609. The number of hydrogen-bond donors (Lipinski definition) is 1. The third-order valence-electron chi connectivity index (χ3n) is 2.55. The summed E-state index contributed by atoms with van der Waals surface area (Å²) in [4.78, 5) is 0. The van der Waals surface area contributed by atoms with Crippen LogP contribution in [0, 0.1) is 0 Å². The van der Waals surface area contributed by atoms with Gasteiger partial charge in [-0.2, -0.15) is 0 Å². The maximum Gasteiger partial charge on any atom is 0.0823 e. The summed E-state index contributed by atoms with van der Waals surface area (Å²) in [6.45, 7) is 3.19. The van der Waals surface area contributed by atoms with Gasteiger partial charge in [0.05, 0.1) is 15.7 Å². The van der Waals surface area contributed by atoms with Gasteiger partial charge in [-0.15, -0.1) is 0 Å². The molecule has 1 aromatic carbocycles. The quantitative estimate of drug-likeness (QED) is 0.649. The molecule has 0 radical (unpaired) electrons. The van der Waals surface area contributed by atoms with E-state index in [1.54, 1.807) is 6.07 Å². The molecule has 3 heteroatoms. The summed E-state index contributed by atoms with van der Waals surface area (Å²) in [5.74, 6) is 0. The lowest BCUT2D eigenvalue weighted by Crippen LogP contribution is -2.01. The Kier molecular flexibility index (Phi) is 6.67. The molecule has 0 heterocycles. The molecule has 0 bridgehead atoms. The molecule has 1 rings (SSSR count). The summed E-state index contributed by atoms with van der Waals surface area (Å²) < 4.78 is 0. The highest BCUT2D eigenvalue weighted by molar-refractivity contribution is 6.43. The highest BCUT2D eigenvalue weighted by Gasteiger charge is 2.02. The summed E-state index contributed by atoms with van der Waals surface area (Å²) in [5.41, 5.74) is 0.935. The standard InChI is InChI=1S/C13H19Cl2N/c1-2-3-4-5-6-10-16-12-9-7-8-11(14)13(12)15/h7-9,16H,2-6,10H2,1H3. The Morgan fingerprint density at radius 3 is 2.56 bits per heavy atom. The Balaban J connectivity index is 2.24. The van der Waals surface area contributed by atoms with Crippen LogP contribution in [0.1, 0.15) is 39.0 Å². The second kappa shape index (κ2) is 7.81. The number of hydrogen-bond acceptors (Lipinski definition) is 1. The van der Waals surface area contributed by atoms with Crippen LogP contribution in [-0.2, 0) is 0 Å². The third-order valence-corrected chi connectivity index (χ3v) is 3.37. The second-order valence-electron chi connectivity index (χ2n) is 3.94. The van der Waals surface area contributed by atoms with Gasteiger partial charge in [0.15, 0.2) is 0 Å². The lowest BCUT2D eigenvalue weighted by molar-refractivity contribution is 0.645. The van der Waals surface area contributed by atoms with Gasteiger partial charge in [0.2, 0.25) is 0 Å². The average Bonchev–Trinajstić information content (AvgIpc) is 2.29. The Labute approximate surface area is 108 Å². The summed E-state index contributed by atoms with van der Waals surface area (Å²) in [7, 11) is 0. The van der Waals surface area contributed by atoms with Crippen LogP contribution in [0.15, 0.2) is 18.2 Å². The molecule has 0 aliphatic carbocycles. The molecular formula is C13H19Cl2N. The van der Waals surface area contributed by atoms with Crippen molar-refractivity contribution in [3.8, 4) is 0 Å². The number of anilines is 1. The maximum atomic E-state index is 6.06. The summed E-state index contributed by atoms with van der Waals surface area (Å²) >= 11 is 12.0. The van der Waals surface area contributed by atoms with Crippen molar-refractivity contribution < 1.29 is 0 Å². The molecule has 0 atom stereocenters. The van der Waals surface area contributed by atoms with Crippen LogP contribution in [0.25, 0.3) is 0 Å². The van der Waals surface area contributed by atoms with Crippen molar-refractivity contribution in [3.63, 3.8) is 0 Å². The largest absolute Gasteiger partial charge is 0.384 e. The zero-order valence-corrected chi connectivity index (χ0v) is 11.2. The maximum absolute atomic E-state index is 6.06. The molecule has 0 spiro atoms. The summed E-state index contributed by atoms with van der Waals surface area (Å²) in [5, 5.41) is 4.55. The van der Waals surface area contributed by atoms with Crippen molar-refractivity contribution in [2.45, 2.75) is 39.0 Å². The molecule has 1 aromatic rings. The van der Waals surface area contributed by atoms with Gasteiger partial charge in [0.1, 0.15) is 0 Å². The number of benzene rings is 1. The fourth-order valence-corrected chi connectivity index (χ4v) is 1.96. The molecule has 0 aliphatic rings. The number of rotatable bonds is 7. The van der Waals surface area contributed by atoms with E-state index in [0.29, 0.717) is 10.0 Å². The van der Waals surface area contributed by atoms with E-state index in [9.17, 15) is 0 Å². The van der Waals surface area contributed by atoms with Crippen molar-refractivity contribution in [2.24, 2.45) is 0 Å². The number of unbranched alkanes of at least 4 members (excludes halogenated alkanes) is 4. The predicted molar refractivity (Wildman–Crippen MR) is 73.7 cm³/mol. The van der Waals surface area contributed by atoms with Crippen LogP contribution in [0.3, 0.4) is 0 Å². The lowest BCUT2D eigenvalue weighted by Gasteiger charge is -2.08. The highest BCUT2D eigenvalue weighted by atomic mass is 35.5. The van der Waals surface area contributed by atoms with E-state index in [-0.39, 0.29) is 0 Å². The van der Waals surface area contributed by atoms with Gasteiger partial charge in [-0.3, -0.25) is 0 Å². The van der Waals surface area contributed by atoms with Gasteiger partial charge < -0.3 is 5.32 Å². The molecule has 0 amide bonds. The first-order valence-electron chi connectivity index (χ1n) is 5.93. The molecular weight excluding hydrogens is 241 g/mol. The monoisotopic (exact) mass is 259 g/mol. The van der Waals surface area contributed by atoms with Gasteiger partial charge >= 0.3 is 0 Å². The summed E-state index contributed by atoms with van der Waals surface area (Å²) in [6.07, 6.45) is 6.40. The van der Waals surface area contributed by atoms with Crippen LogP contribution < -0.4 is 5.32 Å². The van der Waals surface area contributed by atoms with E-state index in [1.165, 1.54) is 32.1 Å². The molecule has 0 fully saturated rings. The van der Waals surface area contributed by atoms with E-state index < -0.39 is 0 Å². The van der Waals surface area contributed by atoms with Crippen LogP contribution in [0.5, 0.6) is 0 Å². The van der Waals surface area contributed by atoms with Crippen molar-refractivity contribution in [1.82, 2.24) is 0 Å². The number of nitrogens with one attached hydrogen (secondary N) is 1. The first-order chi connectivity index (χ1) is 7.75. The first-order valence-corrected chi connectivity index (χ1v) is 6.69. The molecule has 0 aromatic heterocycles. The topological polar surface area (TPSA) is 12.0 Å². The van der Waals surface area contributed by atoms with Gasteiger partial charge in [-0.1, -0.05) is 61.9 Å². The first kappa shape index (κ1) is 13.7. The van der Waals surface area contributed by atoms with E-state index >= 15 is 0 Å². The average molecular weight is 260 g/mol. The highest BCUT2D eigenvalue weighted by Crippen LogP contribution is 2.29. The minimum Gasteiger partial charge on any atom is -0.384 e. The zero-order chi connectivity index (χ0) is 11.8. The molecule has 1 nitrogen and oxygen atoms in total. The lowest BCUT2D eigenvalue weighted by atomic mass is 10.1. The van der Waals surface area contributed by atoms with Crippen LogP contribution >= 0.6 is 23.2 Å². The zero-order valence-electron chi connectivity index (χ0n) is 9.73. The molecule has 90 valence electrons. The molecule has 0 saturated heterocycles. The van der Waals surface area contributed by atoms with Crippen LogP contribution in [0.2, 0.25) is 10.0 Å². The summed E-state index contributed by atoms with van der Waals surface area (Å²) in [6, 6.07) is 5.67. The Morgan fingerprint density at radius 2 is 1.81 bits per heavy atom. The van der Waals surface area contributed by atoms with E-state index in [2.05, 4.69) is 12.2 Å². The molecule has 0 aliphatic heterocycles. The number of halogens is 2. The Morgan fingerprint density at radius 1 is 1.06 bits per heavy atom. The fourth-order valence-electron chi connectivity index (χ4n) is 1.59. The Bertz CT molecular complexity index is 313. The second-order valence-corrected chi connectivity index (χ2v) is 4.73. The van der Waals surface area contributed by atoms with Crippen molar-refractivity contribution in [3.05, 3.63) is 28.2 Å². The molecule has 0 unspecified atom stereocenters. The normalized spacial score (nSPS) is 10.4. The molecule has 0 saturated carbocycles. The molecule has 16 heavy (non-hydrogen) atoms. The van der Waals surface area contributed by atoms with Crippen molar-refractivity contribution >= 4 is 28.9 Å². The van der Waals surface area contributed by atoms with Gasteiger partial charge in [0, 0.05) is 6.54 Å². The van der Waals surface area contributed by atoms with Crippen molar-refractivity contribution in [2.75, 3.05) is 11.9 Å². The van der Waals surface area contributed by atoms with Crippen LogP contribution in [-0.4, -0.2) is 6.54 Å². The van der Waals surface area contributed by atoms with Crippen LogP contribution in [0.4, 0.5) is 5.69 Å². The van der Waals surface area contributed by atoms with Gasteiger partial charge in [-0.05, 0) is 18.6 Å². The smallest absolute Gasteiger partial charge is 0.0823 e. The Hall–Kier alpha value is -0.400. The van der Waals surface area contributed by atoms with Gasteiger partial charge in [-0.25, -0.2) is 0 Å². The predicted octanol–water partition coefficient (Wildman–Crippen LogP) is 5.38. The fraction of sp³-hybridized carbons (Fsp3) is 0.538. The third kappa shape index (κ3) is 4.63. The van der Waals surface area contributed by atoms with E-state index in [1.807, 2.05) is 12.1 Å². The SMILES string of the molecule is CCCCCCCNc1cccc(Cl)c1Cl.